The molecular weight excluding hydrogens is 302 g/mol. The van der Waals surface area contributed by atoms with Crippen LogP contribution < -0.4 is 0 Å². The zero-order chi connectivity index (χ0) is 16.9. The van der Waals surface area contributed by atoms with Gasteiger partial charge in [-0.3, -0.25) is 4.79 Å². The Labute approximate surface area is 143 Å². The van der Waals surface area contributed by atoms with Crippen LogP contribution in [0.5, 0.6) is 0 Å². The van der Waals surface area contributed by atoms with E-state index in [4.69, 9.17) is 0 Å². The van der Waals surface area contributed by atoms with Gasteiger partial charge in [-0.2, -0.15) is 5.26 Å². The summed E-state index contributed by atoms with van der Waals surface area (Å²) in [5, 5.41) is 19.3. The number of aliphatic hydroxyl groups excluding tert-OH is 1. The van der Waals surface area contributed by atoms with Crippen LogP contribution in [0.15, 0.2) is 30.3 Å². The number of piperidine rings is 1. The van der Waals surface area contributed by atoms with Crippen LogP contribution in [0.25, 0.3) is 0 Å². The van der Waals surface area contributed by atoms with Gasteiger partial charge in [0.15, 0.2) is 0 Å². The first-order chi connectivity index (χ1) is 11.8. The van der Waals surface area contributed by atoms with Gasteiger partial charge in [0.2, 0.25) is 5.91 Å². The summed E-state index contributed by atoms with van der Waals surface area (Å²) in [7, 11) is 0. The molecule has 3 atom stereocenters. The van der Waals surface area contributed by atoms with Crippen molar-refractivity contribution in [2.45, 2.75) is 43.7 Å². The number of carbonyl (C=O) groups is 1. The molecule has 2 saturated heterocycles. The summed E-state index contributed by atoms with van der Waals surface area (Å²) in [6.45, 7) is 2.77. The maximum Gasteiger partial charge on any atom is 0.225 e. The van der Waals surface area contributed by atoms with Gasteiger partial charge in [-0.15, -0.1) is 0 Å². The molecule has 0 saturated carbocycles. The predicted molar refractivity (Wildman–Crippen MR) is 91.2 cm³/mol. The summed E-state index contributed by atoms with van der Waals surface area (Å²) < 4.78 is 0. The first-order valence-electron chi connectivity index (χ1n) is 8.85. The SMILES string of the molecule is N#C[C@@H]1[C@H](c2ccccc2)[C@H](CO)N1C(=O)CCN1CCCCC1. The Morgan fingerprint density at radius 1 is 1.21 bits per heavy atom. The van der Waals surface area contributed by atoms with Gasteiger partial charge in [0.25, 0.3) is 0 Å². The van der Waals surface area contributed by atoms with Crippen LogP contribution in [0, 0.1) is 11.3 Å². The van der Waals surface area contributed by atoms with Crippen LogP contribution in [0.1, 0.15) is 37.2 Å². The zero-order valence-electron chi connectivity index (χ0n) is 14.0. The molecule has 1 aromatic carbocycles. The molecule has 2 fully saturated rings. The first-order valence-corrected chi connectivity index (χ1v) is 8.85. The summed E-state index contributed by atoms with van der Waals surface area (Å²) in [5.41, 5.74) is 1.02. The molecule has 1 aromatic rings. The van der Waals surface area contributed by atoms with Gasteiger partial charge < -0.3 is 14.9 Å². The highest BCUT2D eigenvalue weighted by atomic mass is 16.3. The third kappa shape index (κ3) is 3.31. The molecule has 0 spiro atoms. The van der Waals surface area contributed by atoms with E-state index >= 15 is 0 Å². The number of amides is 1. The average Bonchev–Trinajstić information content (AvgIpc) is 2.61. The number of hydrogen-bond donors (Lipinski definition) is 1. The van der Waals surface area contributed by atoms with Gasteiger partial charge in [-0.05, 0) is 31.5 Å². The maximum absolute atomic E-state index is 12.6. The van der Waals surface area contributed by atoms with Crippen molar-refractivity contribution in [2.75, 3.05) is 26.2 Å². The Morgan fingerprint density at radius 3 is 2.54 bits per heavy atom. The van der Waals surface area contributed by atoms with Gasteiger partial charge in [-0.1, -0.05) is 36.8 Å². The average molecular weight is 327 g/mol. The van der Waals surface area contributed by atoms with E-state index < -0.39 is 6.04 Å². The lowest BCUT2D eigenvalue weighted by molar-refractivity contribution is -0.147. The van der Waals surface area contributed by atoms with Crippen molar-refractivity contribution in [3.63, 3.8) is 0 Å². The Balaban J connectivity index is 1.64. The van der Waals surface area contributed by atoms with Gasteiger partial charge in [0.1, 0.15) is 6.04 Å². The zero-order valence-corrected chi connectivity index (χ0v) is 14.0. The van der Waals surface area contributed by atoms with Crippen molar-refractivity contribution < 1.29 is 9.90 Å². The molecule has 0 aliphatic carbocycles. The first kappa shape index (κ1) is 16.9. The van der Waals surface area contributed by atoms with E-state index in [0.717, 1.165) is 25.2 Å². The van der Waals surface area contributed by atoms with Crippen LogP contribution in [-0.2, 0) is 4.79 Å². The number of likely N-dealkylation sites (tertiary alicyclic amines) is 2. The van der Waals surface area contributed by atoms with Gasteiger partial charge in [0, 0.05) is 18.9 Å². The van der Waals surface area contributed by atoms with E-state index in [9.17, 15) is 15.2 Å². The fourth-order valence-electron chi connectivity index (χ4n) is 3.99. The summed E-state index contributed by atoms with van der Waals surface area (Å²) in [4.78, 5) is 16.5. The van der Waals surface area contributed by atoms with Gasteiger partial charge in [0.05, 0.1) is 18.7 Å². The fourth-order valence-corrected chi connectivity index (χ4v) is 3.99. The minimum Gasteiger partial charge on any atom is -0.394 e. The maximum atomic E-state index is 12.6. The number of carbonyl (C=O) groups excluding carboxylic acids is 1. The molecule has 5 heteroatoms. The van der Waals surface area contributed by atoms with Crippen LogP contribution >= 0.6 is 0 Å². The molecule has 0 unspecified atom stereocenters. The molecule has 0 aromatic heterocycles. The molecule has 5 nitrogen and oxygen atoms in total. The van der Waals surface area contributed by atoms with E-state index in [1.807, 2.05) is 30.3 Å². The molecule has 2 heterocycles. The van der Waals surface area contributed by atoms with Crippen LogP contribution in [0.2, 0.25) is 0 Å². The highest BCUT2D eigenvalue weighted by Crippen LogP contribution is 2.40. The largest absolute Gasteiger partial charge is 0.394 e. The monoisotopic (exact) mass is 327 g/mol. The lowest BCUT2D eigenvalue weighted by Gasteiger charge is -2.51. The summed E-state index contributed by atoms with van der Waals surface area (Å²) >= 11 is 0. The highest BCUT2D eigenvalue weighted by molar-refractivity contribution is 5.79. The Kier molecular flexibility index (Phi) is 5.49. The topological polar surface area (TPSA) is 67.6 Å². The number of benzene rings is 1. The van der Waals surface area contributed by atoms with Crippen molar-refractivity contribution in [3.05, 3.63) is 35.9 Å². The third-order valence-electron chi connectivity index (χ3n) is 5.29. The molecule has 0 bridgehead atoms. The van der Waals surface area contributed by atoms with E-state index in [1.165, 1.54) is 19.3 Å². The minimum atomic E-state index is -0.474. The number of nitrogens with zero attached hydrogens (tertiary/aromatic N) is 3. The molecule has 2 aliphatic rings. The quantitative estimate of drug-likeness (QED) is 0.894. The summed E-state index contributed by atoms with van der Waals surface area (Å²) in [6.07, 6.45) is 4.11. The molecule has 3 rings (SSSR count). The lowest BCUT2D eigenvalue weighted by atomic mass is 9.75. The Morgan fingerprint density at radius 2 is 1.92 bits per heavy atom. The standard InChI is InChI=1S/C19H25N3O2/c20-13-16-19(15-7-3-1-4-8-15)17(14-23)22(16)18(24)9-12-21-10-5-2-6-11-21/h1,3-4,7-8,16-17,19,23H,2,5-6,9-12,14H2/t16-,17+,19+/m1/s1. The van der Waals surface area contributed by atoms with Crippen LogP contribution in [-0.4, -0.2) is 59.1 Å². The van der Waals surface area contributed by atoms with Crippen LogP contribution in [0.3, 0.4) is 0 Å². The second-order valence-electron chi connectivity index (χ2n) is 6.71. The third-order valence-corrected chi connectivity index (χ3v) is 5.29. The normalized spacial score (nSPS) is 27.3. The van der Waals surface area contributed by atoms with Crippen LogP contribution in [0.4, 0.5) is 0 Å². The van der Waals surface area contributed by atoms with E-state index in [1.54, 1.807) is 4.90 Å². The van der Waals surface area contributed by atoms with E-state index in [0.29, 0.717) is 6.42 Å². The van der Waals surface area contributed by atoms with Crippen molar-refractivity contribution in [3.8, 4) is 6.07 Å². The smallest absolute Gasteiger partial charge is 0.225 e. The Bertz CT molecular complexity index is 592. The highest BCUT2D eigenvalue weighted by Gasteiger charge is 2.51. The molecular formula is C19H25N3O2. The fraction of sp³-hybridized carbons (Fsp3) is 0.579. The van der Waals surface area contributed by atoms with E-state index in [2.05, 4.69) is 11.0 Å². The molecule has 128 valence electrons. The van der Waals surface area contributed by atoms with Crippen molar-refractivity contribution in [2.24, 2.45) is 0 Å². The number of rotatable bonds is 5. The molecule has 2 aliphatic heterocycles. The van der Waals surface area contributed by atoms with Crippen molar-refractivity contribution in [1.82, 2.24) is 9.80 Å². The molecule has 1 N–H and O–H groups in total. The van der Waals surface area contributed by atoms with Crippen molar-refractivity contribution >= 4 is 5.91 Å². The number of aliphatic hydroxyl groups is 1. The Hall–Kier alpha value is -1.90. The summed E-state index contributed by atoms with van der Waals surface area (Å²) in [5.74, 6) is -0.113. The predicted octanol–water partition coefficient (Wildman–Crippen LogP) is 1.74. The number of nitriles is 1. The van der Waals surface area contributed by atoms with Crippen molar-refractivity contribution in [1.29, 1.82) is 5.26 Å². The molecule has 24 heavy (non-hydrogen) atoms. The summed E-state index contributed by atoms with van der Waals surface area (Å²) in [6, 6.07) is 11.2. The molecule has 1 amide bonds. The second-order valence-corrected chi connectivity index (χ2v) is 6.71. The second kappa shape index (κ2) is 7.78. The number of hydrogen-bond acceptors (Lipinski definition) is 4. The lowest BCUT2D eigenvalue weighted by Crippen LogP contribution is -2.65. The van der Waals surface area contributed by atoms with E-state index in [-0.39, 0.29) is 24.5 Å². The molecule has 0 radical (unpaired) electrons. The van der Waals surface area contributed by atoms with Gasteiger partial charge >= 0.3 is 0 Å². The minimum absolute atomic E-state index is 0.0154. The van der Waals surface area contributed by atoms with Gasteiger partial charge in [-0.25, -0.2) is 0 Å².